The average molecular weight is 238 g/mol. The summed E-state index contributed by atoms with van der Waals surface area (Å²) in [5, 5.41) is 6.60. The van der Waals surface area contributed by atoms with Crippen molar-refractivity contribution in [3.63, 3.8) is 0 Å². The summed E-state index contributed by atoms with van der Waals surface area (Å²) in [5.41, 5.74) is 0.730. The third-order valence-electron chi connectivity index (χ3n) is 2.95. The summed E-state index contributed by atoms with van der Waals surface area (Å²) >= 11 is 0. The first kappa shape index (κ1) is 13.7. The highest BCUT2D eigenvalue weighted by Gasteiger charge is 2.13. The van der Waals surface area contributed by atoms with Gasteiger partial charge in [-0.25, -0.2) is 0 Å². The number of aromatic nitrogens is 1. The zero-order valence-corrected chi connectivity index (χ0v) is 11.0. The van der Waals surface area contributed by atoms with E-state index in [0.29, 0.717) is 11.7 Å². The lowest BCUT2D eigenvalue weighted by Gasteiger charge is -2.14. The van der Waals surface area contributed by atoms with E-state index in [1.165, 1.54) is 19.3 Å². The Hall–Kier alpha value is -1.32. The number of aryl methyl sites for hydroxylation is 1. The van der Waals surface area contributed by atoms with Crippen LogP contribution in [-0.2, 0) is 0 Å². The lowest BCUT2D eigenvalue weighted by molar-refractivity contribution is 0.0909. The van der Waals surface area contributed by atoms with E-state index >= 15 is 0 Å². The Balaban J connectivity index is 2.36. The largest absolute Gasteiger partial charge is 0.351 e. The van der Waals surface area contributed by atoms with Gasteiger partial charge in [0.15, 0.2) is 0 Å². The molecular weight excluding hydrogens is 216 g/mol. The molecule has 0 spiro atoms. The van der Waals surface area contributed by atoms with E-state index in [2.05, 4.69) is 24.3 Å². The molecule has 0 radical (unpaired) electrons. The van der Waals surface area contributed by atoms with Crippen LogP contribution >= 0.6 is 0 Å². The molecule has 1 amide bonds. The molecule has 0 saturated carbocycles. The second-order valence-electron chi connectivity index (χ2n) is 4.46. The van der Waals surface area contributed by atoms with Crippen molar-refractivity contribution < 1.29 is 9.32 Å². The SMILES string of the molecule is CCCCC(CC)CNC(=O)c1cc(C)no1. The van der Waals surface area contributed by atoms with Crippen molar-refractivity contribution in [2.24, 2.45) is 5.92 Å². The molecule has 17 heavy (non-hydrogen) atoms. The first-order valence-electron chi connectivity index (χ1n) is 6.38. The highest BCUT2D eigenvalue weighted by atomic mass is 16.5. The fraction of sp³-hybridized carbons (Fsp3) is 0.692. The summed E-state index contributed by atoms with van der Waals surface area (Å²) in [5.74, 6) is 0.691. The third kappa shape index (κ3) is 4.59. The molecule has 1 atom stereocenters. The third-order valence-corrected chi connectivity index (χ3v) is 2.95. The van der Waals surface area contributed by atoms with Gasteiger partial charge in [-0.1, -0.05) is 38.3 Å². The number of rotatable bonds is 7. The molecule has 1 heterocycles. The Bertz CT molecular complexity index is 347. The number of carbonyl (C=O) groups excluding carboxylic acids is 1. The first-order chi connectivity index (χ1) is 8.17. The molecule has 0 bridgehead atoms. The zero-order chi connectivity index (χ0) is 12.7. The molecule has 1 unspecified atom stereocenters. The van der Waals surface area contributed by atoms with Crippen LogP contribution in [0.3, 0.4) is 0 Å². The maximum atomic E-state index is 11.7. The van der Waals surface area contributed by atoms with E-state index in [4.69, 9.17) is 4.52 Å². The van der Waals surface area contributed by atoms with Crippen LogP contribution in [-0.4, -0.2) is 17.6 Å². The Morgan fingerprint density at radius 2 is 2.29 bits per heavy atom. The molecule has 1 rings (SSSR count). The van der Waals surface area contributed by atoms with Gasteiger partial charge in [0.2, 0.25) is 5.76 Å². The van der Waals surface area contributed by atoms with Crippen LogP contribution < -0.4 is 5.32 Å². The van der Waals surface area contributed by atoms with Crippen LogP contribution in [0.1, 0.15) is 55.8 Å². The monoisotopic (exact) mass is 238 g/mol. The topological polar surface area (TPSA) is 55.1 Å². The number of hydrogen-bond acceptors (Lipinski definition) is 3. The highest BCUT2D eigenvalue weighted by molar-refractivity contribution is 5.91. The van der Waals surface area contributed by atoms with Crippen molar-refractivity contribution >= 4 is 5.91 Å². The molecule has 0 aliphatic carbocycles. The fourth-order valence-electron chi connectivity index (χ4n) is 1.74. The molecule has 0 saturated heterocycles. The number of nitrogens with one attached hydrogen (secondary N) is 1. The van der Waals surface area contributed by atoms with Gasteiger partial charge in [0.25, 0.3) is 5.91 Å². The molecule has 1 aromatic rings. The van der Waals surface area contributed by atoms with Gasteiger partial charge in [-0.05, 0) is 19.3 Å². The van der Waals surface area contributed by atoms with Gasteiger partial charge in [-0.2, -0.15) is 0 Å². The lowest BCUT2D eigenvalue weighted by atomic mass is 9.99. The predicted molar refractivity (Wildman–Crippen MR) is 66.9 cm³/mol. The number of amides is 1. The molecular formula is C13H22N2O2. The smallest absolute Gasteiger partial charge is 0.289 e. The van der Waals surface area contributed by atoms with Crippen molar-refractivity contribution in [3.8, 4) is 0 Å². The fourth-order valence-corrected chi connectivity index (χ4v) is 1.74. The van der Waals surface area contributed by atoms with Crippen LogP contribution in [0.4, 0.5) is 0 Å². The molecule has 96 valence electrons. The molecule has 1 N–H and O–H groups in total. The van der Waals surface area contributed by atoms with Gasteiger partial charge in [0, 0.05) is 12.6 Å². The van der Waals surface area contributed by atoms with Crippen molar-refractivity contribution in [2.45, 2.75) is 46.5 Å². The standard InChI is InChI=1S/C13H22N2O2/c1-4-6-7-11(5-2)9-14-13(16)12-8-10(3)15-17-12/h8,11H,4-7,9H2,1-3H3,(H,14,16). The summed E-state index contributed by atoms with van der Waals surface area (Å²) in [6.45, 7) is 6.86. The van der Waals surface area contributed by atoms with Gasteiger partial charge in [-0.15, -0.1) is 0 Å². The van der Waals surface area contributed by atoms with Crippen molar-refractivity contribution in [3.05, 3.63) is 17.5 Å². The van der Waals surface area contributed by atoms with Crippen molar-refractivity contribution in [1.29, 1.82) is 0 Å². The molecule has 0 aliphatic rings. The summed E-state index contributed by atoms with van der Waals surface area (Å²) in [4.78, 5) is 11.7. The molecule has 1 aromatic heterocycles. The Morgan fingerprint density at radius 1 is 1.53 bits per heavy atom. The minimum atomic E-state index is -0.166. The van der Waals surface area contributed by atoms with Gasteiger partial charge in [0.05, 0.1) is 5.69 Å². The van der Waals surface area contributed by atoms with E-state index < -0.39 is 0 Å². The maximum absolute atomic E-state index is 11.7. The molecule has 0 fully saturated rings. The van der Waals surface area contributed by atoms with E-state index in [1.54, 1.807) is 13.0 Å². The van der Waals surface area contributed by atoms with Crippen molar-refractivity contribution in [1.82, 2.24) is 10.5 Å². The van der Waals surface area contributed by atoms with Crippen LogP contribution in [0.2, 0.25) is 0 Å². The first-order valence-corrected chi connectivity index (χ1v) is 6.38. The molecule has 4 heteroatoms. The number of carbonyl (C=O) groups is 1. The van der Waals surface area contributed by atoms with Gasteiger partial charge in [0.1, 0.15) is 0 Å². The Morgan fingerprint density at radius 3 is 2.82 bits per heavy atom. The number of hydrogen-bond donors (Lipinski definition) is 1. The van der Waals surface area contributed by atoms with Crippen LogP contribution in [0, 0.1) is 12.8 Å². The van der Waals surface area contributed by atoms with Gasteiger partial charge < -0.3 is 9.84 Å². The maximum Gasteiger partial charge on any atom is 0.289 e. The summed E-state index contributed by atoms with van der Waals surface area (Å²) in [6, 6.07) is 1.66. The number of unbranched alkanes of at least 4 members (excludes halogenated alkanes) is 1. The van der Waals surface area contributed by atoms with Crippen LogP contribution in [0.5, 0.6) is 0 Å². The lowest BCUT2D eigenvalue weighted by Crippen LogP contribution is -2.28. The summed E-state index contributed by atoms with van der Waals surface area (Å²) in [6.07, 6.45) is 4.68. The van der Waals surface area contributed by atoms with E-state index in [9.17, 15) is 4.79 Å². The van der Waals surface area contributed by atoms with Gasteiger partial charge in [-0.3, -0.25) is 4.79 Å². The second kappa shape index (κ2) is 7.09. The Kier molecular flexibility index (Phi) is 5.73. The molecule has 4 nitrogen and oxygen atoms in total. The summed E-state index contributed by atoms with van der Waals surface area (Å²) < 4.78 is 4.91. The van der Waals surface area contributed by atoms with Crippen LogP contribution in [0.15, 0.2) is 10.6 Å². The minimum absolute atomic E-state index is 0.166. The Labute approximate surface area is 103 Å². The van der Waals surface area contributed by atoms with Gasteiger partial charge >= 0.3 is 0 Å². The number of nitrogens with zero attached hydrogens (tertiary/aromatic N) is 1. The molecule has 0 aromatic carbocycles. The minimum Gasteiger partial charge on any atom is -0.351 e. The van der Waals surface area contributed by atoms with E-state index in [-0.39, 0.29) is 5.91 Å². The van der Waals surface area contributed by atoms with E-state index in [1.807, 2.05) is 0 Å². The van der Waals surface area contributed by atoms with Crippen molar-refractivity contribution in [2.75, 3.05) is 6.54 Å². The summed E-state index contributed by atoms with van der Waals surface area (Å²) in [7, 11) is 0. The zero-order valence-electron chi connectivity index (χ0n) is 11.0. The second-order valence-corrected chi connectivity index (χ2v) is 4.46. The molecule has 0 aliphatic heterocycles. The quantitative estimate of drug-likeness (QED) is 0.794. The highest BCUT2D eigenvalue weighted by Crippen LogP contribution is 2.11. The normalized spacial score (nSPS) is 12.4. The van der Waals surface area contributed by atoms with Crippen LogP contribution in [0.25, 0.3) is 0 Å². The average Bonchev–Trinajstić information content (AvgIpc) is 2.76. The van der Waals surface area contributed by atoms with E-state index in [0.717, 1.165) is 18.7 Å². The predicted octanol–water partition coefficient (Wildman–Crippen LogP) is 2.93.